The van der Waals surface area contributed by atoms with Crippen LogP contribution in [0.1, 0.15) is 19.5 Å². The number of aromatic nitrogens is 1. The average molecular weight is 257 g/mol. The smallest absolute Gasteiger partial charge is 0.360 e. The number of nitrogens with zero attached hydrogens (tertiary/aromatic N) is 2. The Morgan fingerprint density at radius 2 is 2.35 bits per heavy atom. The molecule has 0 atom stereocenters. The summed E-state index contributed by atoms with van der Waals surface area (Å²) < 4.78 is 0. The number of carboxylic acids is 1. The van der Waals surface area contributed by atoms with Crippen molar-refractivity contribution in [2.75, 3.05) is 11.9 Å². The van der Waals surface area contributed by atoms with Crippen molar-refractivity contribution < 1.29 is 19.5 Å². The van der Waals surface area contributed by atoms with Crippen molar-refractivity contribution >= 4 is 34.1 Å². The third kappa shape index (κ3) is 3.83. The molecule has 1 heterocycles. The van der Waals surface area contributed by atoms with Crippen molar-refractivity contribution in [3.05, 3.63) is 11.1 Å². The average Bonchev–Trinajstić information content (AvgIpc) is 2.65. The third-order valence-electron chi connectivity index (χ3n) is 1.52. The fraction of sp³-hybridized carbons (Fsp3) is 0.333. The number of carboxylic acid groups (broad SMARTS) is 1. The van der Waals surface area contributed by atoms with Crippen LogP contribution in [0.15, 0.2) is 10.5 Å². The maximum atomic E-state index is 10.9. The Morgan fingerprint density at radius 1 is 1.65 bits per heavy atom. The van der Waals surface area contributed by atoms with Gasteiger partial charge >= 0.3 is 5.97 Å². The summed E-state index contributed by atoms with van der Waals surface area (Å²) in [7, 11) is 0. The van der Waals surface area contributed by atoms with Crippen LogP contribution in [0, 0.1) is 0 Å². The number of oxime groups is 1. The van der Waals surface area contributed by atoms with E-state index in [2.05, 4.69) is 20.3 Å². The summed E-state index contributed by atoms with van der Waals surface area (Å²) in [5, 5.41) is 16.6. The largest absolute Gasteiger partial charge is 0.476 e. The SMILES string of the molecule is CCON=C(C(=O)O)c1csc(NC(C)=O)n1. The molecule has 1 rings (SSSR count). The summed E-state index contributed by atoms with van der Waals surface area (Å²) in [6.45, 7) is 3.29. The molecule has 0 saturated heterocycles. The Kier molecular flexibility index (Phi) is 4.58. The number of nitrogens with one attached hydrogen (secondary N) is 1. The molecule has 0 aliphatic rings. The van der Waals surface area contributed by atoms with Crippen LogP contribution >= 0.6 is 11.3 Å². The number of hydrogen-bond donors (Lipinski definition) is 2. The molecule has 1 aromatic rings. The monoisotopic (exact) mass is 257 g/mol. The highest BCUT2D eigenvalue weighted by Gasteiger charge is 2.17. The number of carbonyl (C=O) groups excluding carboxylic acids is 1. The molecule has 0 saturated carbocycles. The molecule has 0 fully saturated rings. The predicted molar refractivity (Wildman–Crippen MR) is 62.2 cm³/mol. The van der Waals surface area contributed by atoms with Gasteiger partial charge in [0.15, 0.2) is 5.13 Å². The quantitative estimate of drug-likeness (QED) is 0.603. The fourth-order valence-corrected chi connectivity index (χ4v) is 1.66. The van der Waals surface area contributed by atoms with Gasteiger partial charge in [-0.25, -0.2) is 9.78 Å². The maximum Gasteiger partial charge on any atom is 0.360 e. The topological polar surface area (TPSA) is 101 Å². The zero-order valence-electron chi connectivity index (χ0n) is 9.26. The molecular weight excluding hydrogens is 246 g/mol. The van der Waals surface area contributed by atoms with Crippen LogP contribution in [-0.4, -0.2) is 34.3 Å². The number of thiazole rings is 1. The van der Waals surface area contributed by atoms with Gasteiger partial charge < -0.3 is 15.3 Å². The van der Waals surface area contributed by atoms with Gasteiger partial charge in [0, 0.05) is 12.3 Å². The standard InChI is InChI=1S/C9H11N3O4S/c1-3-16-12-7(8(14)15)6-4-17-9(11-6)10-5(2)13/h4H,3H2,1-2H3,(H,14,15)(H,10,11,13). The molecule has 7 nitrogen and oxygen atoms in total. The molecule has 0 spiro atoms. The second kappa shape index (κ2) is 5.94. The lowest BCUT2D eigenvalue weighted by atomic mass is 10.3. The highest BCUT2D eigenvalue weighted by atomic mass is 32.1. The summed E-state index contributed by atoms with van der Waals surface area (Å²) in [6.07, 6.45) is 0. The van der Waals surface area contributed by atoms with Gasteiger partial charge in [0.25, 0.3) is 0 Å². The van der Waals surface area contributed by atoms with E-state index in [1.165, 1.54) is 12.3 Å². The van der Waals surface area contributed by atoms with Gasteiger partial charge in [-0.2, -0.15) is 0 Å². The van der Waals surface area contributed by atoms with E-state index in [0.717, 1.165) is 11.3 Å². The summed E-state index contributed by atoms with van der Waals surface area (Å²) in [5.41, 5.74) is -0.139. The molecule has 1 amide bonds. The second-order valence-electron chi connectivity index (χ2n) is 2.88. The van der Waals surface area contributed by atoms with Crippen LogP contribution in [0.2, 0.25) is 0 Å². The number of rotatable bonds is 5. The van der Waals surface area contributed by atoms with Gasteiger partial charge in [-0.05, 0) is 6.92 Å². The molecule has 0 aliphatic heterocycles. The van der Waals surface area contributed by atoms with Gasteiger partial charge in [-0.15, -0.1) is 11.3 Å². The van der Waals surface area contributed by atoms with Crippen LogP contribution in [0.5, 0.6) is 0 Å². The first-order chi connectivity index (χ1) is 8.04. The van der Waals surface area contributed by atoms with Crippen LogP contribution in [0.25, 0.3) is 0 Å². The van der Waals surface area contributed by atoms with Crippen molar-refractivity contribution in [2.45, 2.75) is 13.8 Å². The normalized spacial score (nSPS) is 11.1. The third-order valence-corrected chi connectivity index (χ3v) is 2.28. The first-order valence-electron chi connectivity index (χ1n) is 4.71. The minimum atomic E-state index is -1.24. The molecule has 0 aliphatic carbocycles. The van der Waals surface area contributed by atoms with Gasteiger partial charge in [0.05, 0.1) is 0 Å². The lowest BCUT2D eigenvalue weighted by Gasteiger charge is -1.97. The highest BCUT2D eigenvalue weighted by molar-refractivity contribution is 7.14. The van der Waals surface area contributed by atoms with E-state index in [4.69, 9.17) is 5.11 Å². The summed E-state index contributed by atoms with van der Waals surface area (Å²) in [5.74, 6) is -1.51. The molecule has 8 heteroatoms. The maximum absolute atomic E-state index is 10.9. The second-order valence-corrected chi connectivity index (χ2v) is 3.74. The molecule has 0 radical (unpaired) electrons. The predicted octanol–water partition coefficient (Wildman–Crippen LogP) is 0.927. The summed E-state index contributed by atoms with van der Waals surface area (Å²) in [4.78, 5) is 30.3. The molecule has 1 aromatic heterocycles. The lowest BCUT2D eigenvalue weighted by Crippen LogP contribution is -2.16. The van der Waals surface area contributed by atoms with Crippen molar-refractivity contribution in [1.29, 1.82) is 0 Å². The molecule has 17 heavy (non-hydrogen) atoms. The van der Waals surface area contributed by atoms with Gasteiger partial charge in [0.2, 0.25) is 11.6 Å². The van der Waals surface area contributed by atoms with Crippen LogP contribution in [0.3, 0.4) is 0 Å². The highest BCUT2D eigenvalue weighted by Crippen LogP contribution is 2.16. The Labute approximate surface area is 101 Å². The molecule has 0 bridgehead atoms. The van der Waals surface area contributed by atoms with E-state index in [0.29, 0.717) is 5.13 Å². The molecule has 2 N–H and O–H groups in total. The van der Waals surface area contributed by atoms with E-state index in [-0.39, 0.29) is 23.9 Å². The number of hydrogen-bond acceptors (Lipinski definition) is 6. The summed E-state index contributed by atoms with van der Waals surface area (Å²) >= 11 is 1.11. The fourth-order valence-electron chi connectivity index (χ4n) is 0.915. The summed E-state index contributed by atoms with van der Waals surface area (Å²) in [6, 6.07) is 0. The number of carbonyl (C=O) groups is 2. The van der Waals surface area contributed by atoms with E-state index in [1.807, 2.05) is 0 Å². The van der Waals surface area contributed by atoms with Gasteiger partial charge in [0.1, 0.15) is 12.3 Å². The Bertz CT molecular complexity index is 455. The zero-order valence-corrected chi connectivity index (χ0v) is 10.1. The van der Waals surface area contributed by atoms with E-state index in [9.17, 15) is 9.59 Å². The zero-order chi connectivity index (χ0) is 12.8. The molecular formula is C9H11N3O4S. The molecule has 0 unspecified atom stereocenters. The molecule has 92 valence electrons. The number of aliphatic carboxylic acids is 1. The molecule has 0 aromatic carbocycles. The van der Waals surface area contributed by atoms with E-state index < -0.39 is 5.97 Å². The number of anilines is 1. The van der Waals surface area contributed by atoms with Crippen LogP contribution < -0.4 is 5.32 Å². The minimum Gasteiger partial charge on any atom is -0.476 e. The van der Waals surface area contributed by atoms with Crippen molar-refractivity contribution in [1.82, 2.24) is 4.98 Å². The Hall–Kier alpha value is -1.96. The van der Waals surface area contributed by atoms with Crippen LogP contribution in [0.4, 0.5) is 5.13 Å². The Balaban J connectivity index is 2.92. The lowest BCUT2D eigenvalue weighted by molar-refractivity contribution is -0.129. The Morgan fingerprint density at radius 3 is 2.88 bits per heavy atom. The van der Waals surface area contributed by atoms with Crippen LogP contribution in [-0.2, 0) is 14.4 Å². The van der Waals surface area contributed by atoms with E-state index >= 15 is 0 Å². The first kappa shape index (κ1) is 13.1. The van der Waals surface area contributed by atoms with Gasteiger partial charge in [-0.3, -0.25) is 4.79 Å². The van der Waals surface area contributed by atoms with Crippen molar-refractivity contribution in [3.8, 4) is 0 Å². The first-order valence-corrected chi connectivity index (χ1v) is 5.59. The minimum absolute atomic E-state index is 0.153. The van der Waals surface area contributed by atoms with Crippen molar-refractivity contribution in [3.63, 3.8) is 0 Å². The van der Waals surface area contributed by atoms with Gasteiger partial charge in [-0.1, -0.05) is 5.16 Å². The van der Waals surface area contributed by atoms with E-state index in [1.54, 1.807) is 6.92 Å². The number of amides is 1. The van der Waals surface area contributed by atoms with Crippen molar-refractivity contribution in [2.24, 2.45) is 5.16 Å².